The van der Waals surface area contributed by atoms with Gasteiger partial charge in [0, 0.05) is 18.7 Å². The van der Waals surface area contributed by atoms with E-state index < -0.39 is 17.7 Å². The summed E-state index contributed by atoms with van der Waals surface area (Å²) in [7, 11) is 1.56. The number of aliphatic hydroxyl groups is 1. The molecular weight excluding hydrogens is 510 g/mol. The Balaban J connectivity index is 1.71. The van der Waals surface area contributed by atoms with Crippen LogP contribution in [0.5, 0.6) is 17.2 Å². The second-order valence-electron chi connectivity index (χ2n) is 10.8. The maximum absolute atomic E-state index is 13.4. The largest absolute Gasteiger partial charge is 0.507 e. The molecule has 8 heteroatoms. The monoisotopic (exact) mass is 551 g/mol. The van der Waals surface area contributed by atoms with Crippen molar-refractivity contribution in [2.45, 2.75) is 65.0 Å². The number of hydrogen-bond donors (Lipinski definition) is 1. The van der Waals surface area contributed by atoms with E-state index >= 15 is 0 Å². The van der Waals surface area contributed by atoms with Gasteiger partial charge in [0.15, 0.2) is 11.5 Å². The Hall–Kier alpha value is -3.52. The van der Waals surface area contributed by atoms with Gasteiger partial charge >= 0.3 is 0 Å². The second kappa shape index (κ2) is 13.7. The van der Waals surface area contributed by atoms with E-state index in [0.29, 0.717) is 54.1 Å². The summed E-state index contributed by atoms with van der Waals surface area (Å²) >= 11 is 0. The van der Waals surface area contributed by atoms with Gasteiger partial charge in [-0.2, -0.15) is 0 Å². The Morgan fingerprint density at radius 2 is 1.85 bits per heavy atom. The molecule has 0 radical (unpaired) electrons. The van der Waals surface area contributed by atoms with Crippen LogP contribution in [0.3, 0.4) is 0 Å². The summed E-state index contributed by atoms with van der Waals surface area (Å²) in [5, 5.41) is 11.4. The molecular formula is C32H41NO7. The summed E-state index contributed by atoms with van der Waals surface area (Å²) in [6, 6.07) is 11.5. The van der Waals surface area contributed by atoms with Crippen LogP contribution >= 0.6 is 0 Å². The van der Waals surface area contributed by atoms with E-state index in [4.69, 9.17) is 18.9 Å². The van der Waals surface area contributed by atoms with Gasteiger partial charge in [0.2, 0.25) is 0 Å². The van der Waals surface area contributed by atoms with Crippen molar-refractivity contribution in [2.75, 3.05) is 33.5 Å². The van der Waals surface area contributed by atoms with E-state index in [0.717, 1.165) is 32.1 Å². The molecule has 1 amide bonds. The number of amides is 1. The Morgan fingerprint density at radius 1 is 1.07 bits per heavy atom. The second-order valence-corrected chi connectivity index (χ2v) is 10.8. The molecule has 2 fully saturated rings. The highest BCUT2D eigenvalue weighted by Gasteiger charge is 2.47. The number of carbonyl (C=O) groups is 2. The number of aliphatic hydroxyl groups excluding tert-OH is 1. The SMILES string of the molecule is CCCCOc1ccc(/C(O)=C2/C(=O)C(=O)N(CC3CCCO3)C2c2ccc(OCCC(C)C)c(OC)c2)cc1. The van der Waals surface area contributed by atoms with Crippen molar-refractivity contribution in [2.24, 2.45) is 5.92 Å². The van der Waals surface area contributed by atoms with Crippen molar-refractivity contribution >= 4 is 17.4 Å². The van der Waals surface area contributed by atoms with Gasteiger partial charge in [0.25, 0.3) is 11.7 Å². The third kappa shape index (κ3) is 6.78. The summed E-state index contributed by atoms with van der Waals surface area (Å²) < 4.78 is 23.1. The highest BCUT2D eigenvalue weighted by atomic mass is 16.5. The zero-order valence-corrected chi connectivity index (χ0v) is 24.0. The molecule has 0 bridgehead atoms. The van der Waals surface area contributed by atoms with E-state index in [-0.39, 0.29) is 24.0 Å². The lowest BCUT2D eigenvalue weighted by molar-refractivity contribution is -0.140. The van der Waals surface area contributed by atoms with E-state index in [1.807, 2.05) is 6.07 Å². The van der Waals surface area contributed by atoms with Crippen LogP contribution in [-0.2, 0) is 14.3 Å². The fourth-order valence-electron chi connectivity index (χ4n) is 5.00. The normalized spacial score (nSPS) is 20.4. The van der Waals surface area contributed by atoms with E-state index in [9.17, 15) is 14.7 Å². The van der Waals surface area contributed by atoms with Gasteiger partial charge < -0.3 is 29.0 Å². The molecule has 8 nitrogen and oxygen atoms in total. The molecule has 0 spiro atoms. The molecule has 1 N–H and O–H groups in total. The lowest BCUT2D eigenvalue weighted by atomic mass is 9.94. The third-order valence-electron chi connectivity index (χ3n) is 7.31. The number of benzene rings is 2. The lowest BCUT2D eigenvalue weighted by Crippen LogP contribution is -2.36. The summed E-state index contributed by atoms with van der Waals surface area (Å²) in [6.45, 7) is 8.39. The minimum atomic E-state index is -0.803. The van der Waals surface area contributed by atoms with Gasteiger partial charge in [-0.25, -0.2) is 0 Å². The van der Waals surface area contributed by atoms with Gasteiger partial charge in [-0.15, -0.1) is 0 Å². The highest BCUT2D eigenvalue weighted by molar-refractivity contribution is 6.46. The molecule has 216 valence electrons. The number of ketones is 1. The number of ether oxygens (including phenoxy) is 4. The third-order valence-corrected chi connectivity index (χ3v) is 7.31. The Morgan fingerprint density at radius 3 is 2.50 bits per heavy atom. The summed E-state index contributed by atoms with van der Waals surface area (Å²) in [4.78, 5) is 28.3. The van der Waals surface area contributed by atoms with Crippen molar-refractivity contribution in [1.82, 2.24) is 4.90 Å². The van der Waals surface area contributed by atoms with Gasteiger partial charge in [-0.05, 0) is 73.6 Å². The summed E-state index contributed by atoms with van der Waals surface area (Å²) in [6.07, 6.45) is 4.42. The van der Waals surface area contributed by atoms with Gasteiger partial charge in [0.1, 0.15) is 11.5 Å². The number of carbonyl (C=O) groups excluding carboxylic acids is 2. The molecule has 2 saturated heterocycles. The summed E-state index contributed by atoms with van der Waals surface area (Å²) in [5.74, 6) is 0.657. The number of Topliss-reactive ketones (excluding diaryl/α,β-unsaturated/α-hetero) is 1. The molecule has 2 aromatic carbocycles. The van der Waals surface area contributed by atoms with Gasteiger partial charge in [-0.3, -0.25) is 9.59 Å². The van der Waals surface area contributed by atoms with E-state index in [1.54, 1.807) is 43.5 Å². The van der Waals surface area contributed by atoms with Crippen LogP contribution in [0.25, 0.3) is 5.76 Å². The number of hydrogen-bond acceptors (Lipinski definition) is 7. The summed E-state index contributed by atoms with van der Waals surface area (Å²) in [5.41, 5.74) is 1.12. The van der Waals surface area contributed by atoms with Crippen molar-refractivity contribution in [1.29, 1.82) is 0 Å². The molecule has 0 saturated carbocycles. The molecule has 2 heterocycles. The standard InChI is InChI=1S/C32H41NO7/c1-5-6-16-38-24-12-9-22(10-13-24)30(34)28-29(33(32(36)31(28)35)20-25-8-7-17-39-25)23-11-14-26(27(19-23)37-4)40-18-15-21(2)3/h9-14,19,21,25,29,34H,5-8,15-18,20H2,1-4H3/b30-28-. The molecule has 2 atom stereocenters. The van der Waals surface area contributed by atoms with Crippen LogP contribution in [-0.4, -0.2) is 61.3 Å². The molecule has 2 unspecified atom stereocenters. The van der Waals surface area contributed by atoms with Crippen LogP contribution in [0.4, 0.5) is 0 Å². The average molecular weight is 552 g/mol. The zero-order chi connectivity index (χ0) is 28.6. The fourth-order valence-corrected chi connectivity index (χ4v) is 5.00. The Bertz CT molecular complexity index is 1200. The van der Waals surface area contributed by atoms with Crippen molar-refractivity contribution in [3.05, 3.63) is 59.2 Å². The maximum atomic E-state index is 13.4. The number of unbranched alkanes of at least 4 members (excludes halogenated alkanes) is 1. The number of likely N-dealkylation sites (tertiary alicyclic amines) is 1. The maximum Gasteiger partial charge on any atom is 0.295 e. The minimum Gasteiger partial charge on any atom is -0.507 e. The minimum absolute atomic E-state index is 0.0400. The van der Waals surface area contributed by atoms with Crippen LogP contribution < -0.4 is 14.2 Å². The highest BCUT2D eigenvalue weighted by Crippen LogP contribution is 2.42. The quantitative estimate of drug-likeness (QED) is 0.143. The molecule has 40 heavy (non-hydrogen) atoms. The number of methoxy groups -OCH3 is 1. The first kappa shape index (κ1) is 29.5. The number of nitrogens with zero attached hydrogens (tertiary/aromatic N) is 1. The van der Waals surface area contributed by atoms with Crippen LogP contribution in [0.1, 0.15) is 70.0 Å². The predicted molar refractivity (Wildman–Crippen MR) is 153 cm³/mol. The first-order valence-corrected chi connectivity index (χ1v) is 14.3. The Labute approximate surface area is 236 Å². The van der Waals surface area contributed by atoms with Crippen molar-refractivity contribution < 1.29 is 33.6 Å². The van der Waals surface area contributed by atoms with Crippen LogP contribution in [0.15, 0.2) is 48.0 Å². The van der Waals surface area contributed by atoms with E-state index in [2.05, 4.69) is 20.8 Å². The smallest absolute Gasteiger partial charge is 0.295 e. The molecule has 2 aliphatic heterocycles. The first-order valence-electron chi connectivity index (χ1n) is 14.3. The van der Waals surface area contributed by atoms with Crippen LogP contribution in [0.2, 0.25) is 0 Å². The molecule has 0 aromatic heterocycles. The fraction of sp³-hybridized carbons (Fsp3) is 0.500. The Kier molecular flexibility index (Phi) is 10.1. The molecule has 2 aliphatic rings. The topological polar surface area (TPSA) is 94.5 Å². The van der Waals surface area contributed by atoms with Crippen LogP contribution in [0, 0.1) is 5.92 Å². The lowest BCUT2D eigenvalue weighted by Gasteiger charge is -2.28. The zero-order valence-electron chi connectivity index (χ0n) is 24.0. The van der Waals surface area contributed by atoms with Gasteiger partial charge in [-0.1, -0.05) is 33.3 Å². The van der Waals surface area contributed by atoms with Crippen molar-refractivity contribution in [3.63, 3.8) is 0 Å². The van der Waals surface area contributed by atoms with Gasteiger partial charge in [0.05, 0.1) is 38.0 Å². The molecule has 0 aliphatic carbocycles. The molecule has 4 rings (SSSR count). The predicted octanol–water partition coefficient (Wildman–Crippen LogP) is 5.90. The molecule has 2 aromatic rings. The van der Waals surface area contributed by atoms with E-state index in [1.165, 1.54) is 4.90 Å². The average Bonchev–Trinajstić information content (AvgIpc) is 3.55. The first-order chi connectivity index (χ1) is 19.3. The van der Waals surface area contributed by atoms with Crippen molar-refractivity contribution in [3.8, 4) is 17.2 Å². The number of rotatable bonds is 13.